The van der Waals surface area contributed by atoms with E-state index in [1.54, 1.807) is 24.3 Å². The molecule has 0 radical (unpaired) electrons. The SMILES string of the molecule is ON=CC=Cc1ccccc1O. The normalized spacial score (nSPS) is 11.3. The number of nitrogens with zero attached hydrogens (tertiary/aromatic N) is 1. The number of hydrogen-bond acceptors (Lipinski definition) is 3. The van der Waals surface area contributed by atoms with Crippen LogP contribution in [0.2, 0.25) is 0 Å². The summed E-state index contributed by atoms with van der Waals surface area (Å²) < 4.78 is 0. The van der Waals surface area contributed by atoms with Crippen molar-refractivity contribution in [1.82, 2.24) is 0 Å². The van der Waals surface area contributed by atoms with Crippen molar-refractivity contribution in [3.05, 3.63) is 35.9 Å². The molecule has 0 heterocycles. The van der Waals surface area contributed by atoms with Crippen molar-refractivity contribution in [3.63, 3.8) is 0 Å². The first-order valence-electron chi connectivity index (χ1n) is 3.46. The van der Waals surface area contributed by atoms with Gasteiger partial charge in [0.15, 0.2) is 0 Å². The molecule has 0 fully saturated rings. The number of phenols is 1. The van der Waals surface area contributed by atoms with Gasteiger partial charge in [0.2, 0.25) is 0 Å². The minimum Gasteiger partial charge on any atom is -0.507 e. The van der Waals surface area contributed by atoms with Crippen molar-refractivity contribution in [2.24, 2.45) is 5.16 Å². The van der Waals surface area contributed by atoms with E-state index in [0.29, 0.717) is 5.56 Å². The lowest BCUT2D eigenvalue weighted by atomic mass is 10.2. The first-order chi connectivity index (χ1) is 5.84. The van der Waals surface area contributed by atoms with Gasteiger partial charge < -0.3 is 10.3 Å². The number of oxime groups is 1. The Morgan fingerprint density at radius 2 is 2.00 bits per heavy atom. The first-order valence-corrected chi connectivity index (χ1v) is 3.46. The van der Waals surface area contributed by atoms with Crippen LogP contribution in [0.4, 0.5) is 0 Å². The van der Waals surface area contributed by atoms with Crippen LogP contribution < -0.4 is 0 Å². The second kappa shape index (κ2) is 4.18. The molecule has 0 aliphatic rings. The van der Waals surface area contributed by atoms with Gasteiger partial charge in [-0.05, 0) is 18.2 Å². The Balaban J connectivity index is 2.82. The molecular weight excluding hydrogens is 154 g/mol. The molecule has 0 atom stereocenters. The van der Waals surface area contributed by atoms with E-state index >= 15 is 0 Å². The molecule has 0 bridgehead atoms. The second-order valence-electron chi connectivity index (χ2n) is 2.18. The van der Waals surface area contributed by atoms with Crippen molar-refractivity contribution < 1.29 is 10.3 Å². The third-order valence-electron chi connectivity index (χ3n) is 1.37. The third-order valence-corrected chi connectivity index (χ3v) is 1.37. The summed E-state index contributed by atoms with van der Waals surface area (Å²) in [7, 11) is 0. The number of benzene rings is 1. The van der Waals surface area contributed by atoms with E-state index in [2.05, 4.69) is 5.16 Å². The molecule has 3 nitrogen and oxygen atoms in total. The average Bonchev–Trinajstić information content (AvgIpc) is 2.09. The standard InChI is InChI=1S/C9H9NO2/c11-9-6-2-1-4-8(9)5-3-7-10-12/h1-7,11-12H. The Labute approximate surface area is 70.3 Å². The summed E-state index contributed by atoms with van der Waals surface area (Å²) in [4.78, 5) is 0. The van der Waals surface area contributed by atoms with Gasteiger partial charge in [-0.3, -0.25) is 0 Å². The van der Waals surface area contributed by atoms with E-state index in [4.69, 9.17) is 5.21 Å². The van der Waals surface area contributed by atoms with E-state index in [0.717, 1.165) is 0 Å². The Morgan fingerprint density at radius 3 is 2.67 bits per heavy atom. The highest BCUT2D eigenvalue weighted by Crippen LogP contribution is 2.16. The minimum absolute atomic E-state index is 0.208. The summed E-state index contributed by atoms with van der Waals surface area (Å²) in [6.07, 6.45) is 4.41. The minimum atomic E-state index is 0.208. The van der Waals surface area contributed by atoms with Gasteiger partial charge in [0.05, 0.1) is 6.21 Å². The van der Waals surface area contributed by atoms with E-state index in [9.17, 15) is 5.11 Å². The average molecular weight is 163 g/mol. The van der Waals surface area contributed by atoms with Gasteiger partial charge in [-0.15, -0.1) is 0 Å². The maximum Gasteiger partial charge on any atom is 0.122 e. The highest BCUT2D eigenvalue weighted by Gasteiger charge is 1.91. The van der Waals surface area contributed by atoms with E-state index in [1.165, 1.54) is 12.3 Å². The Bertz CT molecular complexity index is 305. The van der Waals surface area contributed by atoms with Gasteiger partial charge in [-0.2, -0.15) is 0 Å². The van der Waals surface area contributed by atoms with Crippen LogP contribution in [-0.4, -0.2) is 16.5 Å². The predicted molar refractivity (Wildman–Crippen MR) is 47.4 cm³/mol. The Morgan fingerprint density at radius 1 is 1.25 bits per heavy atom. The van der Waals surface area contributed by atoms with Crippen LogP contribution in [0, 0.1) is 0 Å². The van der Waals surface area contributed by atoms with Crippen molar-refractivity contribution in [1.29, 1.82) is 0 Å². The van der Waals surface area contributed by atoms with Crippen LogP contribution in [0.3, 0.4) is 0 Å². The topological polar surface area (TPSA) is 52.8 Å². The molecule has 0 spiro atoms. The lowest BCUT2D eigenvalue weighted by Gasteiger charge is -1.94. The molecular formula is C9H9NO2. The highest BCUT2D eigenvalue weighted by atomic mass is 16.4. The molecule has 3 heteroatoms. The molecule has 1 rings (SSSR count). The quantitative estimate of drug-likeness (QED) is 0.397. The molecule has 2 N–H and O–H groups in total. The molecule has 0 aliphatic heterocycles. The zero-order valence-corrected chi connectivity index (χ0v) is 6.38. The molecule has 62 valence electrons. The number of hydrogen-bond donors (Lipinski definition) is 2. The fourth-order valence-electron chi connectivity index (χ4n) is 0.814. The summed E-state index contributed by atoms with van der Waals surface area (Å²) in [6.45, 7) is 0. The van der Waals surface area contributed by atoms with Crippen LogP contribution in [0.15, 0.2) is 35.5 Å². The molecule has 0 saturated carbocycles. The number of aromatic hydroxyl groups is 1. The van der Waals surface area contributed by atoms with E-state index in [-0.39, 0.29) is 5.75 Å². The molecule has 0 aromatic heterocycles. The van der Waals surface area contributed by atoms with Crippen molar-refractivity contribution in [2.75, 3.05) is 0 Å². The number of allylic oxidation sites excluding steroid dienone is 1. The maximum absolute atomic E-state index is 9.25. The molecule has 0 amide bonds. The zero-order valence-electron chi connectivity index (χ0n) is 6.38. The summed E-state index contributed by atoms with van der Waals surface area (Å²) in [6, 6.07) is 6.91. The summed E-state index contributed by atoms with van der Waals surface area (Å²) in [5, 5.41) is 20.1. The number of phenolic OH excluding ortho intramolecular Hbond substituents is 1. The largest absolute Gasteiger partial charge is 0.507 e. The fraction of sp³-hybridized carbons (Fsp3) is 0. The van der Waals surface area contributed by atoms with Crippen molar-refractivity contribution in [2.45, 2.75) is 0 Å². The van der Waals surface area contributed by atoms with Gasteiger partial charge in [0.1, 0.15) is 5.75 Å². The Hall–Kier alpha value is -1.77. The smallest absolute Gasteiger partial charge is 0.122 e. The van der Waals surface area contributed by atoms with Crippen LogP contribution >= 0.6 is 0 Å². The van der Waals surface area contributed by atoms with Gasteiger partial charge in [0.25, 0.3) is 0 Å². The number of para-hydroxylation sites is 1. The summed E-state index contributed by atoms with van der Waals surface area (Å²) in [5.74, 6) is 0.208. The predicted octanol–water partition coefficient (Wildman–Crippen LogP) is 1.87. The third kappa shape index (κ3) is 2.12. The summed E-state index contributed by atoms with van der Waals surface area (Å²) >= 11 is 0. The Kier molecular flexibility index (Phi) is 2.90. The first kappa shape index (κ1) is 8.33. The van der Waals surface area contributed by atoms with Crippen molar-refractivity contribution in [3.8, 4) is 5.75 Å². The van der Waals surface area contributed by atoms with Crippen LogP contribution in [-0.2, 0) is 0 Å². The van der Waals surface area contributed by atoms with E-state index in [1.807, 2.05) is 6.07 Å². The lowest BCUT2D eigenvalue weighted by molar-refractivity contribution is 0.322. The van der Waals surface area contributed by atoms with Crippen LogP contribution in [0.5, 0.6) is 5.75 Å². The van der Waals surface area contributed by atoms with Gasteiger partial charge in [-0.25, -0.2) is 0 Å². The van der Waals surface area contributed by atoms with Crippen LogP contribution in [0.1, 0.15) is 5.56 Å². The fourth-order valence-corrected chi connectivity index (χ4v) is 0.814. The zero-order chi connectivity index (χ0) is 8.81. The second-order valence-corrected chi connectivity index (χ2v) is 2.18. The molecule has 0 unspecified atom stereocenters. The van der Waals surface area contributed by atoms with Crippen LogP contribution in [0.25, 0.3) is 6.08 Å². The van der Waals surface area contributed by atoms with Gasteiger partial charge >= 0.3 is 0 Å². The lowest BCUT2D eigenvalue weighted by Crippen LogP contribution is -1.72. The van der Waals surface area contributed by atoms with Gasteiger partial charge in [0, 0.05) is 5.56 Å². The number of rotatable bonds is 2. The van der Waals surface area contributed by atoms with Crippen molar-refractivity contribution >= 4 is 12.3 Å². The molecule has 1 aromatic rings. The molecule has 0 saturated heterocycles. The summed E-state index contributed by atoms with van der Waals surface area (Å²) in [5.41, 5.74) is 0.692. The highest BCUT2D eigenvalue weighted by molar-refractivity contribution is 5.78. The molecule has 1 aromatic carbocycles. The maximum atomic E-state index is 9.25. The monoisotopic (exact) mass is 163 g/mol. The molecule has 12 heavy (non-hydrogen) atoms. The molecule has 0 aliphatic carbocycles. The van der Waals surface area contributed by atoms with E-state index < -0.39 is 0 Å². The van der Waals surface area contributed by atoms with Gasteiger partial charge in [-0.1, -0.05) is 23.4 Å².